The SMILES string of the molecule is C1CCOC1.[CH]. The maximum Gasteiger partial charge on any atom is 0.0466 e. The molecule has 1 saturated heterocycles. The van der Waals surface area contributed by atoms with Crippen molar-refractivity contribution in [1.29, 1.82) is 0 Å². The van der Waals surface area contributed by atoms with E-state index in [1.165, 1.54) is 12.8 Å². The lowest BCUT2D eigenvalue weighted by Crippen LogP contribution is -1.74. The highest BCUT2D eigenvalue weighted by atomic mass is 16.5. The van der Waals surface area contributed by atoms with Crippen LogP contribution in [0.3, 0.4) is 0 Å². The fourth-order valence-corrected chi connectivity index (χ4v) is 0.510. The van der Waals surface area contributed by atoms with Gasteiger partial charge in [-0.1, -0.05) is 0 Å². The Morgan fingerprint density at radius 1 is 1.00 bits per heavy atom. The third-order valence-corrected chi connectivity index (χ3v) is 0.827. The third-order valence-electron chi connectivity index (χ3n) is 0.827. The average molecular weight is 85.1 g/mol. The molecule has 0 aromatic heterocycles. The molecule has 0 N–H and O–H groups in total. The quantitative estimate of drug-likeness (QED) is 0.426. The molecule has 0 aromatic rings. The molecule has 1 heteroatoms. The van der Waals surface area contributed by atoms with Crippen LogP contribution in [0.2, 0.25) is 0 Å². The van der Waals surface area contributed by atoms with Gasteiger partial charge >= 0.3 is 0 Å². The molecule has 3 radical (unpaired) electrons. The Labute approximate surface area is 39.3 Å². The molecule has 1 rings (SSSR count). The van der Waals surface area contributed by atoms with Crippen LogP contribution < -0.4 is 0 Å². The van der Waals surface area contributed by atoms with Crippen molar-refractivity contribution < 1.29 is 4.74 Å². The van der Waals surface area contributed by atoms with E-state index in [1.807, 2.05) is 0 Å². The number of rotatable bonds is 0. The first-order valence-corrected chi connectivity index (χ1v) is 2.08. The Bertz CT molecular complexity index is 15.5. The van der Waals surface area contributed by atoms with Gasteiger partial charge < -0.3 is 4.74 Å². The molecule has 0 saturated carbocycles. The molecule has 0 bridgehead atoms. The van der Waals surface area contributed by atoms with Gasteiger partial charge in [0.15, 0.2) is 0 Å². The molecule has 1 aliphatic heterocycles. The molecule has 1 aliphatic rings. The molecule has 35 valence electrons. The summed E-state index contributed by atoms with van der Waals surface area (Å²) in [5, 5.41) is 0. The average Bonchev–Trinajstić information content (AvgIpc) is 1.76. The van der Waals surface area contributed by atoms with Crippen LogP contribution in [0.5, 0.6) is 0 Å². The molecule has 1 heterocycles. The molecule has 0 unspecified atom stereocenters. The summed E-state index contributed by atoms with van der Waals surface area (Å²) in [7, 11) is 0. The van der Waals surface area contributed by atoms with E-state index in [4.69, 9.17) is 4.74 Å². The van der Waals surface area contributed by atoms with E-state index >= 15 is 0 Å². The van der Waals surface area contributed by atoms with Gasteiger partial charge in [-0.15, -0.1) is 0 Å². The number of hydrogen-bond donors (Lipinski definition) is 0. The van der Waals surface area contributed by atoms with Crippen molar-refractivity contribution in [3.05, 3.63) is 7.43 Å². The largest absolute Gasteiger partial charge is 0.381 e. The van der Waals surface area contributed by atoms with Crippen LogP contribution >= 0.6 is 0 Å². The van der Waals surface area contributed by atoms with Gasteiger partial charge in [0, 0.05) is 13.2 Å². The molecule has 0 spiro atoms. The normalized spacial score (nSPS) is 20.0. The first-order valence-electron chi connectivity index (χ1n) is 2.08. The topological polar surface area (TPSA) is 9.23 Å². The van der Waals surface area contributed by atoms with Gasteiger partial charge in [-0.05, 0) is 20.3 Å². The molecule has 1 fully saturated rings. The smallest absolute Gasteiger partial charge is 0.0466 e. The lowest BCUT2D eigenvalue weighted by atomic mass is 10.4. The van der Waals surface area contributed by atoms with Gasteiger partial charge in [0.2, 0.25) is 0 Å². The highest BCUT2D eigenvalue weighted by Crippen LogP contribution is 1.98. The van der Waals surface area contributed by atoms with Crippen LogP contribution in [0.1, 0.15) is 12.8 Å². The maximum absolute atomic E-state index is 4.94. The number of ether oxygens (including phenoxy) is 1. The van der Waals surface area contributed by atoms with Crippen LogP contribution in [0, 0.1) is 7.43 Å². The van der Waals surface area contributed by atoms with Crippen LogP contribution in [-0.4, -0.2) is 13.2 Å². The second-order valence-electron chi connectivity index (χ2n) is 1.32. The van der Waals surface area contributed by atoms with E-state index in [2.05, 4.69) is 0 Å². The molecular formula is C5H9O. The minimum absolute atomic E-state index is 0. The van der Waals surface area contributed by atoms with E-state index in [1.54, 1.807) is 0 Å². The predicted molar refractivity (Wildman–Crippen MR) is 24.4 cm³/mol. The molecule has 0 amide bonds. The molecule has 0 aliphatic carbocycles. The van der Waals surface area contributed by atoms with E-state index in [0.717, 1.165) is 13.2 Å². The first kappa shape index (κ1) is 5.96. The van der Waals surface area contributed by atoms with E-state index < -0.39 is 0 Å². The molecular weight excluding hydrogens is 76.1 g/mol. The zero-order valence-electron chi connectivity index (χ0n) is 3.81. The fourth-order valence-electron chi connectivity index (χ4n) is 0.510. The van der Waals surface area contributed by atoms with E-state index in [9.17, 15) is 0 Å². The molecule has 6 heavy (non-hydrogen) atoms. The van der Waals surface area contributed by atoms with Crippen molar-refractivity contribution in [2.75, 3.05) is 13.2 Å². The van der Waals surface area contributed by atoms with Crippen LogP contribution in [0.4, 0.5) is 0 Å². The van der Waals surface area contributed by atoms with E-state index in [0.29, 0.717) is 0 Å². The monoisotopic (exact) mass is 85.1 g/mol. The van der Waals surface area contributed by atoms with Crippen LogP contribution in [0.25, 0.3) is 0 Å². The van der Waals surface area contributed by atoms with Gasteiger partial charge in [0.1, 0.15) is 0 Å². The second kappa shape index (κ2) is 3.16. The van der Waals surface area contributed by atoms with Crippen molar-refractivity contribution in [1.82, 2.24) is 0 Å². The summed E-state index contributed by atoms with van der Waals surface area (Å²) in [5.41, 5.74) is 0. The molecule has 0 atom stereocenters. The highest BCUT2D eigenvalue weighted by molar-refractivity contribution is 4.43. The van der Waals surface area contributed by atoms with Crippen molar-refractivity contribution in [2.24, 2.45) is 0 Å². The number of hydrogen-bond acceptors (Lipinski definition) is 1. The summed E-state index contributed by atoms with van der Waals surface area (Å²) < 4.78 is 4.94. The highest BCUT2D eigenvalue weighted by Gasteiger charge is 1.94. The summed E-state index contributed by atoms with van der Waals surface area (Å²) in [4.78, 5) is 0. The predicted octanol–water partition coefficient (Wildman–Crippen LogP) is 1.00. The van der Waals surface area contributed by atoms with Crippen molar-refractivity contribution >= 4 is 0 Å². The van der Waals surface area contributed by atoms with Crippen LogP contribution in [-0.2, 0) is 4.74 Å². The van der Waals surface area contributed by atoms with Gasteiger partial charge in [-0.2, -0.15) is 0 Å². The summed E-state index contributed by atoms with van der Waals surface area (Å²) >= 11 is 0. The van der Waals surface area contributed by atoms with Gasteiger partial charge in [0.05, 0.1) is 0 Å². The maximum atomic E-state index is 4.94. The molecule has 1 nitrogen and oxygen atoms in total. The Hall–Kier alpha value is -0.0400. The van der Waals surface area contributed by atoms with E-state index in [-0.39, 0.29) is 7.43 Å². The zero-order valence-corrected chi connectivity index (χ0v) is 3.81. The minimum Gasteiger partial charge on any atom is -0.381 e. The van der Waals surface area contributed by atoms with Crippen molar-refractivity contribution in [2.45, 2.75) is 12.8 Å². The first-order chi connectivity index (χ1) is 2.50. The Morgan fingerprint density at radius 2 is 1.50 bits per heavy atom. The zero-order chi connectivity index (χ0) is 3.54. The van der Waals surface area contributed by atoms with Gasteiger partial charge in [-0.3, -0.25) is 0 Å². The molecule has 0 aromatic carbocycles. The third kappa shape index (κ3) is 1.41. The summed E-state index contributed by atoms with van der Waals surface area (Å²) in [6.07, 6.45) is 2.56. The minimum atomic E-state index is 0. The van der Waals surface area contributed by atoms with Gasteiger partial charge in [-0.25, -0.2) is 0 Å². The Balaban J connectivity index is 0.000000250. The van der Waals surface area contributed by atoms with Crippen molar-refractivity contribution in [3.63, 3.8) is 0 Å². The standard InChI is InChI=1S/C4H8O.CH/c1-2-4-5-3-1;/h1-4H2;1H. The lowest BCUT2D eigenvalue weighted by molar-refractivity contribution is 0.198. The Kier molecular flexibility index (Phi) is 3.14. The summed E-state index contributed by atoms with van der Waals surface area (Å²) in [5.74, 6) is 0. The summed E-state index contributed by atoms with van der Waals surface area (Å²) in [6, 6.07) is 0. The Morgan fingerprint density at radius 3 is 1.67 bits per heavy atom. The summed E-state index contributed by atoms with van der Waals surface area (Å²) in [6.45, 7) is 2.00. The van der Waals surface area contributed by atoms with Crippen LogP contribution in [0.15, 0.2) is 0 Å². The lowest BCUT2D eigenvalue weighted by Gasteiger charge is -1.76. The van der Waals surface area contributed by atoms with Gasteiger partial charge in [0.25, 0.3) is 0 Å². The fraction of sp³-hybridized carbons (Fsp3) is 0.800. The second-order valence-corrected chi connectivity index (χ2v) is 1.32. The van der Waals surface area contributed by atoms with Crippen molar-refractivity contribution in [3.8, 4) is 0 Å².